The minimum Gasteiger partial charge on any atom is -0.478 e. The lowest BCUT2D eigenvalue weighted by molar-refractivity contribution is -0.119. The minimum atomic E-state index is -1.03. The fourth-order valence-corrected chi connectivity index (χ4v) is 4.47. The summed E-state index contributed by atoms with van der Waals surface area (Å²) in [5.74, 6) is -1.75. The van der Waals surface area contributed by atoms with E-state index in [9.17, 15) is 14.4 Å². The van der Waals surface area contributed by atoms with Crippen molar-refractivity contribution in [1.29, 1.82) is 0 Å². The van der Waals surface area contributed by atoms with Crippen LogP contribution in [0.4, 0.5) is 10.5 Å². The van der Waals surface area contributed by atoms with E-state index in [0.29, 0.717) is 12.1 Å². The Kier molecular flexibility index (Phi) is 7.45. The highest BCUT2D eigenvalue weighted by molar-refractivity contribution is 5.94. The average Bonchev–Trinajstić information content (AvgIpc) is 3.19. The molecule has 0 spiro atoms. The summed E-state index contributed by atoms with van der Waals surface area (Å²) in [6.45, 7) is 2.32. The molecular weight excluding hydrogens is 444 g/mol. The maximum absolute atomic E-state index is 12.8. The molecule has 2 amide bonds. The second-order valence-electron chi connectivity index (χ2n) is 8.56. The molecule has 1 unspecified atom stereocenters. The SMILES string of the molecule is CCCC(CNC(=O)OCC1c2ccccc2-c2ccccc21)C(=O)Nc1ccc(C(=O)O)cc1. The largest absolute Gasteiger partial charge is 0.478 e. The van der Waals surface area contributed by atoms with Gasteiger partial charge in [0.25, 0.3) is 0 Å². The average molecular weight is 473 g/mol. The number of benzene rings is 3. The van der Waals surface area contributed by atoms with E-state index in [0.717, 1.165) is 28.7 Å². The summed E-state index contributed by atoms with van der Waals surface area (Å²) in [7, 11) is 0. The first-order valence-electron chi connectivity index (χ1n) is 11.7. The first-order chi connectivity index (χ1) is 17.0. The van der Waals surface area contributed by atoms with Crippen LogP contribution in [0.3, 0.4) is 0 Å². The summed E-state index contributed by atoms with van der Waals surface area (Å²) >= 11 is 0. The van der Waals surface area contributed by atoms with Gasteiger partial charge in [-0.05, 0) is 52.9 Å². The number of hydrogen-bond donors (Lipinski definition) is 3. The second-order valence-corrected chi connectivity index (χ2v) is 8.56. The summed E-state index contributed by atoms with van der Waals surface area (Å²) < 4.78 is 5.56. The molecule has 0 aliphatic heterocycles. The molecule has 0 aromatic heterocycles. The molecule has 1 aliphatic rings. The van der Waals surface area contributed by atoms with Gasteiger partial charge in [-0.2, -0.15) is 0 Å². The molecule has 1 atom stereocenters. The Balaban J connectivity index is 1.33. The van der Waals surface area contributed by atoms with Crippen LogP contribution in [0.2, 0.25) is 0 Å². The molecule has 7 nitrogen and oxygen atoms in total. The van der Waals surface area contributed by atoms with Crippen molar-refractivity contribution >= 4 is 23.7 Å². The Labute approximate surface area is 204 Å². The maximum Gasteiger partial charge on any atom is 0.407 e. The van der Waals surface area contributed by atoms with E-state index >= 15 is 0 Å². The lowest BCUT2D eigenvalue weighted by Crippen LogP contribution is -2.36. The molecule has 0 heterocycles. The molecule has 0 saturated carbocycles. The highest BCUT2D eigenvalue weighted by atomic mass is 16.5. The van der Waals surface area contributed by atoms with Gasteiger partial charge in [-0.25, -0.2) is 9.59 Å². The Morgan fingerprint density at radius 2 is 1.51 bits per heavy atom. The van der Waals surface area contributed by atoms with E-state index in [2.05, 4.69) is 34.9 Å². The minimum absolute atomic E-state index is 0.0309. The van der Waals surface area contributed by atoms with Gasteiger partial charge in [0.1, 0.15) is 6.61 Å². The second kappa shape index (κ2) is 10.9. The lowest BCUT2D eigenvalue weighted by atomic mass is 9.98. The zero-order valence-electron chi connectivity index (χ0n) is 19.5. The van der Waals surface area contributed by atoms with Crippen LogP contribution in [-0.2, 0) is 9.53 Å². The molecule has 0 saturated heterocycles. The topological polar surface area (TPSA) is 105 Å². The molecule has 0 bridgehead atoms. The van der Waals surface area contributed by atoms with Gasteiger partial charge in [0.15, 0.2) is 0 Å². The van der Waals surface area contributed by atoms with Crippen LogP contribution in [0.15, 0.2) is 72.8 Å². The van der Waals surface area contributed by atoms with Crippen molar-refractivity contribution in [3.63, 3.8) is 0 Å². The molecule has 1 aliphatic carbocycles. The summed E-state index contributed by atoms with van der Waals surface area (Å²) in [6, 6.07) is 22.2. The van der Waals surface area contributed by atoms with Crippen molar-refractivity contribution in [2.45, 2.75) is 25.7 Å². The third-order valence-corrected chi connectivity index (χ3v) is 6.24. The Hall–Kier alpha value is -4.13. The van der Waals surface area contributed by atoms with Crippen LogP contribution in [0.25, 0.3) is 11.1 Å². The highest BCUT2D eigenvalue weighted by Crippen LogP contribution is 2.44. The van der Waals surface area contributed by atoms with Crippen LogP contribution in [0.1, 0.15) is 47.2 Å². The number of carbonyl (C=O) groups is 3. The van der Waals surface area contributed by atoms with Crippen LogP contribution in [-0.4, -0.2) is 36.2 Å². The zero-order valence-corrected chi connectivity index (χ0v) is 19.5. The van der Waals surface area contributed by atoms with E-state index in [1.54, 1.807) is 12.1 Å². The number of ether oxygens (including phenoxy) is 1. The van der Waals surface area contributed by atoms with Crippen molar-refractivity contribution in [3.05, 3.63) is 89.5 Å². The van der Waals surface area contributed by atoms with Gasteiger partial charge in [0, 0.05) is 18.2 Å². The van der Waals surface area contributed by atoms with Crippen molar-refractivity contribution in [2.75, 3.05) is 18.5 Å². The molecule has 180 valence electrons. The summed E-state index contributed by atoms with van der Waals surface area (Å²) in [6.07, 6.45) is 0.789. The van der Waals surface area contributed by atoms with E-state index < -0.39 is 18.0 Å². The van der Waals surface area contributed by atoms with Crippen molar-refractivity contribution in [1.82, 2.24) is 5.32 Å². The number of amides is 2. The molecule has 35 heavy (non-hydrogen) atoms. The van der Waals surface area contributed by atoms with Gasteiger partial charge < -0.3 is 20.5 Å². The van der Waals surface area contributed by atoms with Gasteiger partial charge >= 0.3 is 12.1 Å². The summed E-state index contributed by atoms with van der Waals surface area (Å²) in [5.41, 5.74) is 5.24. The molecular formula is C28H28N2O5. The third kappa shape index (κ3) is 5.51. The number of fused-ring (bicyclic) bond motifs is 3. The standard InChI is InChI=1S/C28H28N2O5/c1-2-7-19(26(31)30-20-14-12-18(13-15-20)27(32)33)16-29-28(34)35-17-25-23-10-5-3-8-21(23)22-9-4-6-11-24(22)25/h3-6,8-15,19,25H,2,7,16-17H2,1H3,(H,29,34)(H,30,31)(H,32,33). The number of nitrogens with one attached hydrogen (secondary N) is 2. The maximum atomic E-state index is 12.8. The number of aromatic carboxylic acids is 1. The predicted octanol–water partition coefficient (Wildman–Crippen LogP) is 5.28. The van der Waals surface area contributed by atoms with E-state index in [4.69, 9.17) is 9.84 Å². The number of anilines is 1. The smallest absolute Gasteiger partial charge is 0.407 e. The Bertz CT molecular complexity index is 1180. The van der Waals surface area contributed by atoms with Crippen LogP contribution in [0.5, 0.6) is 0 Å². The number of carboxylic acid groups (broad SMARTS) is 1. The van der Waals surface area contributed by atoms with Gasteiger partial charge in [0.05, 0.1) is 11.5 Å². The molecule has 0 radical (unpaired) electrons. The van der Waals surface area contributed by atoms with Crippen molar-refractivity contribution in [3.8, 4) is 11.1 Å². The fraction of sp³-hybridized carbons (Fsp3) is 0.250. The third-order valence-electron chi connectivity index (χ3n) is 6.24. The molecule has 7 heteroatoms. The monoisotopic (exact) mass is 472 g/mol. The van der Waals surface area contributed by atoms with E-state index in [-0.39, 0.29) is 30.5 Å². The number of carboxylic acids is 1. The van der Waals surface area contributed by atoms with Crippen molar-refractivity contribution < 1.29 is 24.2 Å². The number of hydrogen-bond acceptors (Lipinski definition) is 4. The van der Waals surface area contributed by atoms with Gasteiger partial charge in [0.2, 0.25) is 5.91 Å². The first kappa shape index (κ1) is 24.0. The predicted molar refractivity (Wildman–Crippen MR) is 134 cm³/mol. The van der Waals surface area contributed by atoms with E-state index in [1.165, 1.54) is 12.1 Å². The Morgan fingerprint density at radius 1 is 0.914 bits per heavy atom. The van der Waals surface area contributed by atoms with Gasteiger partial charge in [-0.3, -0.25) is 4.79 Å². The summed E-state index contributed by atoms with van der Waals surface area (Å²) in [4.78, 5) is 36.2. The van der Waals surface area contributed by atoms with Crippen molar-refractivity contribution in [2.24, 2.45) is 5.92 Å². The van der Waals surface area contributed by atoms with Crippen LogP contribution >= 0.6 is 0 Å². The lowest BCUT2D eigenvalue weighted by Gasteiger charge is -2.18. The number of alkyl carbamates (subject to hydrolysis) is 1. The van der Waals surface area contributed by atoms with Crippen LogP contribution < -0.4 is 10.6 Å². The van der Waals surface area contributed by atoms with Gasteiger partial charge in [-0.1, -0.05) is 61.9 Å². The van der Waals surface area contributed by atoms with E-state index in [1.807, 2.05) is 31.2 Å². The molecule has 0 fully saturated rings. The van der Waals surface area contributed by atoms with Crippen LogP contribution in [0, 0.1) is 5.92 Å². The quantitative estimate of drug-likeness (QED) is 0.393. The summed E-state index contributed by atoms with van der Waals surface area (Å²) in [5, 5.41) is 14.5. The number of carbonyl (C=O) groups excluding carboxylic acids is 2. The normalized spacial score (nSPS) is 12.8. The fourth-order valence-electron chi connectivity index (χ4n) is 4.47. The number of rotatable bonds is 9. The molecule has 4 rings (SSSR count). The van der Waals surface area contributed by atoms with Gasteiger partial charge in [-0.15, -0.1) is 0 Å². The first-order valence-corrected chi connectivity index (χ1v) is 11.7. The molecule has 3 aromatic rings. The zero-order chi connectivity index (χ0) is 24.8. The molecule has 3 aromatic carbocycles. The Morgan fingerprint density at radius 3 is 2.09 bits per heavy atom. The highest BCUT2D eigenvalue weighted by Gasteiger charge is 2.29. The molecule has 3 N–H and O–H groups in total.